The first-order valence-corrected chi connectivity index (χ1v) is 6.57. The number of benzene rings is 1. The van der Waals surface area contributed by atoms with Crippen LogP contribution in [0.2, 0.25) is 0 Å². The van der Waals surface area contributed by atoms with Gasteiger partial charge in [0.15, 0.2) is 0 Å². The molecule has 1 aromatic carbocycles. The van der Waals surface area contributed by atoms with E-state index in [4.69, 9.17) is 0 Å². The summed E-state index contributed by atoms with van der Waals surface area (Å²) < 4.78 is 0. The molecular weight excluding hydrogens is 214 g/mol. The highest BCUT2D eigenvalue weighted by Gasteiger charge is 2.17. The van der Waals surface area contributed by atoms with Gasteiger partial charge in [-0.25, -0.2) is 4.98 Å². The fourth-order valence-corrected chi connectivity index (χ4v) is 2.21. The van der Waals surface area contributed by atoms with E-state index >= 15 is 0 Å². The Labute approximate surface area is 101 Å². The monoisotopic (exact) mass is 231 g/mol. The van der Waals surface area contributed by atoms with Crippen LogP contribution in [0.25, 0.3) is 11.3 Å². The fraction of sp³-hybridized carbons (Fsp3) is 0.357. The Kier molecular flexibility index (Phi) is 3.10. The van der Waals surface area contributed by atoms with Gasteiger partial charge in [0.1, 0.15) is 0 Å². The van der Waals surface area contributed by atoms with Crippen molar-refractivity contribution >= 4 is 11.3 Å². The lowest BCUT2D eigenvalue weighted by atomic mass is 9.82. The lowest BCUT2D eigenvalue weighted by molar-refractivity contribution is 0.506. The minimum atomic E-state index is 0.264. The molecule has 0 amide bonds. The van der Waals surface area contributed by atoms with Gasteiger partial charge in [-0.3, -0.25) is 0 Å². The zero-order chi connectivity index (χ0) is 11.6. The highest BCUT2D eigenvalue weighted by Crippen LogP contribution is 2.28. The third kappa shape index (κ3) is 2.17. The lowest BCUT2D eigenvalue weighted by Crippen LogP contribution is -2.14. The van der Waals surface area contributed by atoms with Crippen molar-refractivity contribution in [1.82, 2.24) is 4.98 Å². The molecule has 0 N–H and O–H groups in total. The van der Waals surface area contributed by atoms with Crippen LogP contribution in [0.5, 0.6) is 0 Å². The molecule has 84 valence electrons. The smallest absolute Gasteiger partial charge is 0.0811 e. The van der Waals surface area contributed by atoms with E-state index in [1.165, 1.54) is 11.1 Å². The second-order valence-electron chi connectivity index (χ2n) is 4.69. The maximum atomic E-state index is 4.32. The third-order valence-corrected chi connectivity index (χ3v) is 3.86. The van der Waals surface area contributed by atoms with Crippen LogP contribution in [0.1, 0.15) is 32.8 Å². The quantitative estimate of drug-likeness (QED) is 0.758. The third-order valence-electron chi connectivity index (χ3n) is 3.28. The van der Waals surface area contributed by atoms with Gasteiger partial charge in [-0.15, -0.1) is 11.3 Å². The number of aromatic nitrogens is 1. The maximum absolute atomic E-state index is 4.32. The Bertz CT molecular complexity index is 440. The van der Waals surface area contributed by atoms with Crippen molar-refractivity contribution < 1.29 is 0 Å². The SMILES string of the molecule is CCC(C)(C)c1ccc(-c2cscn2)cc1. The summed E-state index contributed by atoms with van der Waals surface area (Å²) in [4.78, 5) is 4.32. The summed E-state index contributed by atoms with van der Waals surface area (Å²) >= 11 is 1.64. The van der Waals surface area contributed by atoms with Crippen LogP contribution >= 0.6 is 11.3 Å². The van der Waals surface area contributed by atoms with Crippen LogP contribution in [-0.4, -0.2) is 4.98 Å². The molecule has 0 aliphatic heterocycles. The molecule has 1 aromatic heterocycles. The Balaban J connectivity index is 2.30. The molecule has 0 unspecified atom stereocenters. The molecule has 0 fully saturated rings. The molecule has 2 aromatic rings. The molecule has 0 aliphatic carbocycles. The topological polar surface area (TPSA) is 12.9 Å². The predicted molar refractivity (Wildman–Crippen MR) is 70.9 cm³/mol. The molecule has 0 aliphatic rings. The molecule has 1 heterocycles. The minimum Gasteiger partial charge on any atom is -0.245 e. The Morgan fingerprint density at radius 3 is 2.38 bits per heavy atom. The van der Waals surface area contributed by atoms with E-state index in [-0.39, 0.29) is 5.41 Å². The highest BCUT2D eigenvalue weighted by molar-refractivity contribution is 7.07. The summed E-state index contributed by atoms with van der Waals surface area (Å²) in [6.07, 6.45) is 1.16. The van der Waals surface area contributed by atoms with Gasteiger partial charge in [0.05, 0.1) is 11.2 Å². The molecule has 2 rings (SSSR count). The zero-order valence-corrected chi connectivity index (χ0v) is 10.8. The number of hydrogen-bond donors (Lipinski definition) is 0. The molecule has 0 atom stereocenters. The number of hydrogen-bond acceptors (Lipinski definition) is 2. The predicted octanol–water partition coefficient (Wildman–Crippen LogP) is 4.50. The Hall–Kier alpha value is -1.15. The van der Waals surface area contributed by atoms with Crippen molar-refractivity contribution in [2.45, 2.75) is 32.6 Å². The summed E-state index contributed by atoms with van der Waals surface area (Å²) in [5.74, 6) is 0. The van der Waals surface area contributed by atoms with Crippen LogP contribution in [0.15, 0.2) is 35.2 Å². The van der Waals surface area contributed by atoms with Gasteiger partial charge in [-0.2, -0.15) is 0 Å². The van der Waals surface area contributed by atoms with Gasteiger partial charge in [-0.1, -0.05) is 45.0 Å². The van der Waals surface area contributed by atoms with Crippen LogP contribution < -0.4 is 0 Å². The van der Waals surface area contributed by atoms with Crippen LogP contribution in [0.4, 0.5) is 0 Å². The largest absolute Gasteiger partial charge is 0.245 e. The van der Waals surface area contributed by atoms with Crippen molar-refractivity contribution in [3.8, 4) is 11.3 Å². The Morgan fingerprint density at radius 2 is 1.88 bits per heavy atom. The van der Waals surface area contributed by atoms with Crippen LogP contribution in [-0.2, 0) is 5.41 Å². The van der Waals surface area contributed by atoms with E-state index in [9.17, 15) is 0 Å². The van der Waals surface area contributed by atoms with Gasteiger partial charge in [0.2, 0.25) is 0 Å². The number of nitrogens with zero attached hydrogens (tertiary/aromatic N) is 1. The van der Waals surface area contributed by atoms with Crippen LogP contribution in [0.3, 0.4) is 0 Å². The van der Waals surface area contributed by atoms with Gasteiger partial charge < -0.3 is 0 Å². The molecule has 1 nitrogen and oxygen atoms in total. The van der Waals surface area contributed by atoms with Gasteiger partial charge in [0, 0.05) is 10.9 Å². The summed E-state index contributed by atoms with van der Waals surface area (Å²) in [5, 5.41) is 2.08. The normalized spacial score (nSPS) is 11.7. The number of rotatable bonds is 3. The first kappa shape index (κ1) is 11.3. The van der Waals surface area contributed by atoms with Gasteiger partial charge >= 0.3 is 0 Å². The summed E-state index contributed by atoms with van der Waals surface area (Å²) in [6.45, 7) is 6.80. The van der Waals surface area contributed by atoms with Crippen LogP contribution in [0, 0.1) is 0 Å². The molecule has 0 saturated carbocycles. The molecular formula is C14H17NS. The molecule has 16 heavy (non-hydrogen) atoms. The fourth-order valence-electron chi connectivity index (χ4n) is 1.65. The van der Waals surface area contributed by atoms with E-state index in [2.05, 4.69) is 55.4 Å². The van der Waals surface area contributed by atoms with Crippen molar-refractivity contribution in [1.29, 1.82) is 0 Å². The van der Waals surface area contributed by atoms with E-state index < -0.39 is 0 Å². The average Bonchev–Trinajstić information content (AvgIpc) is 2.83. The van der Waals surface area contributed by atoms with Crippen molar-refractivity contribution in [3.05, 3.63) is 40.7 Å². The maximum Gasteiger partial charge on any atom is 0.0811 e. The molecule has 2 heteroatoms. The second-order valence-corrected chi connectivity index (χ2v) is 5.41. The van der Waals surface area contributed by atoms with E-state index in [0.29, 0.717) is 0 Å². The molecule has 0 radical (unpaired) electrons. The van der Waals surface area contributed by atoms with Gasteiger partial charge in [0.25, 0.3) is 0 Å². The zero-order valence-electron chi connectivity index (χ0n) is 10.0. The van der Waals surface area contributed by atoms with E-state index in [1.807, 2.05) is 5.51 Å². The standard InChI is InChI=1S/C14H17NS/c1-4-14(2,3)12-7-5-11(6-8-12)13-9-16-10-15-13/h5-10H,4H2,1-3H3. The summed E-state index contributed by atoms with van der Waals surface area (Å²) in [7, 11) is 0. The van der Waals surface area contributed by atoms with E-state index in [0.717, 1.165) is 12.1 Å². The Morgan fingerprint density at radius 1 is 1.19 bits per heavy atom. The summed E-state index contributed by atoms with van der Waals surface area (Å²) in [5.41, 5.74) is 5.82. The van der Waals surface area contributed by atoms with E-state index in [1.54, 1.807) is 11.3 Å². The molecule has 0 spiro atoms. The first-order chi connectivity index (χ1) is 7.63. The van der Waals surface area contributed by atoms with Crippen molar-refractivity contribution in [2.24, 2.45) is 0 Å². The second kappa shape index (κ2) is 4.38. The van der Waals surface area contributed by atoms with Gasteiger partial charge in [-0.05, 0) is 17.4 Å². The minimum absolute atomic E-state index is 0.264. The summed E-state index contributed by atoms with van der Waals surface area (Å²) in [6, 6.07) is 8.78. The lowest BCUT2D eigenvalue weighted by Gasteiger charge is -2.23. The number of thiazole rings is 1. The van der Waals surface area contributed by atoms with Crippen molar-refractivity contribution in [3.63, 3.8) is 0 Å². The first-order valence-electron chi connectivity index (χ1n) is 5.62. The van der Waals surface area contributed by atoms with Crippen molar-refractivity contribution in [2.75, 3.05) is 0 Å². The average molecular weight is 231 g/mol. The molecule has 0 saturated heterocycles. The highest BCUT2D eigenvalue weighted by atomic mass is 32.1. The molecule has 0 bridgehead atoms.